The van der Waals surface area contributed by atoms with Crippen LogP contribution in [0.4, 0.5) is 5.69 Å². The van der Waals surface area contributed by atoms with Gasteiger partial charge in [0.15, 0.2) is 11.5 Å². The number of hydrogen-bond acceptors (Lipinski definition) is 6. The summed E-state index contributed by atoms with van der Waals surface area (Å²) in [7, 11) is 0. The molecule has 0 saturated carbocycles. The lowest BCUT2D eigenvalue weighted by Gasteiger charge is -2.10. The third kappa shape index (κ3) is 2.97. The predicted octanol–water partition coefficient (Wildman–Crippen LogP) is 3.03. The van der Waals surface area contributed by atoms with Crippen molar-refractivity contribution in [2.75, 3.05) is 12.1 Å². The van der Waals surface area contributed by atoms with Crippen molar-refractivity contribution < 1.29 is 23.8 Å². The number of amides is 1. The molecule has 0 saturated heterocycles. The summed E-state index contributed by atoms with van der Waals surface area (Å²) in [5.74, 6) is 0.889. The van der Waals surface area contributed by atoms with Crippen molar-refractivity contribution >= 4 is 22.6 Å². The van der Waals surface area contributed by atoms with Crippen LogP contribution in [0.1, 0.15) is 16.7 Å². The van der Waals surface area contributed by atoms with Crippen LogP contribution in [0, 0.1) is 13.8 Å². The van der Waals surface area contributed by atoms with E-state index < -0.39 is 5.63 Å². The third-order valence-electron chi connectivity index (χ3n) is 4.67. The second-order valence-corrected chi connectivity index (χ2v) is 6.37. The van der Waals surface area contributed by atoms with Gasteiger partial charge >= 0.3 is 5.63 Å². The molecule has 7 nitrogen and oxygen atoms in total. The number of benzene rings is 2. The van der Waals surface area contributed by atoms with Crippen LogP contribution < -0.4 is 20.4 Å². The Morgan fingerprint density at radius 1 is 1.11 bits per heavy atom. The average molecular weight is 367 g/mol. The molecule has 0 radical (unpaired) electrons. The molecule has 27 heavy (non-hydrogen) atoms. The van der Waals surface area contributed by atoms with Crippen LogP contribution in [0.5, 0.6) is 17.2 Å². The van der Waals surface area contributed by atoms with Gasteiger partial charge in [0.05, 0.1) is 12.0 Å². The van der Waals surface area contributed by atoms with E-state index in [1.54, 1.807) is 44.2 Å². The highest BCUT2D eigenvalue weighted by atomic mass is 16.7. The number of ether oxygens (including phenoxy) is 2. The lowest BCUT2D eigenvalue weighted by molar-refractivity contribution is -0.115. The molecule has 1 aliphatic heterocycles. The van der Waals surface area contributed by atoms with Gasteiger partial charge in [-0.3, -0.25) is 4.79 Å². The van der Waals surface area contributed by atoms with Crippen molar-refractivity contribution in [3.8, 4) is 17.2 Å². The zero-order valence-electron chi connectivity index (χ0n) is 14.8. The Hall–Kier alpha value is -3.48. The summed E-state index contributed by atoms with van der Waals surface area (Å²) in [4.78, 5) is 24.8. The number of aromatic hydroxyl groups is 1. The molecule has 0 unspecified atom stereocenters. The summed E-state index contributed by atoms with van der Waals surface area (Å²) < 4.78 is 15.9. The molecule has 7 heteroatoms. The summed E-state index contributed by atoms with van der Waals surface area (Å²) in [5, 5.41) is 13.2. The minimum atomic E-state index is -0.588. The normalized spacial score (nSPS) is 12.4. The maximum atomic E-state index is 12.4. The number of phenols is 1. The topological polar surface area (TPSA) is 98.0 Å². The average Bonchev–Trinajstić information content (AvgIpc) is 3.10. The fourth-order valence-corrected chi connectivity index (χ4v) is 3.12. The minimum Gasteiger partial charge on any atom is -0.508 e. The molecule has 2 heterocycles. The maximum absolute atomic E-state index is 12.4. The Kier molecular flexibility index (Phi) is 3.99. The first-order valence-electron chi connectivity index (χ1n) is 8.38. The Labute approximate surface area is 154 Å². The number of fused-ring (bicyclic) bond motifs is 2. The molecule has 0 fully saturated rings. The monoisotopic (exact) mass is 367 g/mol. The van der Waals surface area contributed by atoms with Gasteiger partial charge in [-0.25, -0.2) is 4.79 Å². The van der Waals surface area contributed by atoms with Crippen molar-refractivity contribution in [2.24, 2.45) is 0 Å². The molecule has 138 valence electrons. The lowest BCUT2D eigenvalue weighted by atomic mass is 10.0. The van der Waals surface area contributed by atoms with Gasteiger partial charge in [-0.2, -0.15) is 0 Å². The number of carbonyl (C=O) groups excluding carboxylic acids is 1. The maximum Gasteiger partial charge on any atom is 0.340 e. The van der Waals surface area contributed by atoms with E-state index in [9.17, 15) is 14.7 Å². The zero-order chi connectivity index (χ0) is 19.1. The quantitative estimate of drug-likeness (QED) is 0.691. The molecule has 1 aromatic heterocycles. The first-order valence-corrected chi connectivity index (χ1v) is 8.38. The van der Waals surface area contributed by atoms with Gasteiger partial charge in [0, 0.05) is 22.7 Å². The highest BCUT2D eigenvalue weighted by Crippen LogP contribution is 2.34. The second-order valence-electron chi connectivity index (χ2n) is 6.37. The number of aryl methyl sites for hydroxylation is 2. The van der Waals surface area contributed by atoms with E-state index >= 15 is 0 Å². The van der Waals surface area contributed by atoms with E-state index in [1.165, 1.54) is 0 Å². The molecule has 3 aromatic rings. The first-order chi connectivity index (χ1) is 12.9. The second kappa shape index (κ2) is 6.35. The molecule has 4 rings (SSSR count). The number of carbonyl (C=O) groups is 1. The fourth-order valence-electron chi connectivity index (χ4n) is 3.12. The van der Waals surface area contributed by atoms with Crippen LogP contribution in [0.2, 0.25) is 0 Å². The molecule has 0 spiro atoms. The van der Waals surface area contributed by atoms with E-state index in [4.69, 9.17) is 13.9 Å². The molecule has 0 bridgehead atoms. The molecule has 2 aromatic carbocycles. The number of nitrogens with one attached hydrogen (secondary N) is 1. The molecular formula is C20H17NO6. The molecule has 1 aliphatic rings. The lowest BCUT2D eigenvalue weighted by Crippen LogP contribution is -2.20. The third-order valence-corrected chi connectivity index (χ3v) is 4.67. The largest absolute Gasteiger partial charge is 0.508 e. The Balaban J connectivity index is 1.62. The van der Waals surface area contributed by atoms with Gasteiger partial charge < -0.3 is 24.3 Å². The number of anilines is 1. The smallest absolute Gasteiger partial charge is 0.340 e. The first kappa shape index (κ1) is 17.0. The minimum absolute atomic E-state index is 0.0540. The standard InChI is InChI=1S/C20H17NO6/c1-10-13-4-5-15(22)11(2)19(13)27-20(24)14(10)8-18(23)21-12-3-6-16-17(7-12)26-9-25-16/h3-7,22H,8-9H2,1-2H3,(H,21,23). The van der Waals surface area contributed by atoms with Crippen LogP contribution in [-0.2, 0) is 11.2 Å². The molecular weight excluding hydrogens is 350 g/mol. The zero-order valence-corrected chi connectivity index (χ0v) is 14.8. The van der Waals surface area contributed by atoms with Gasteiger partial charge in [-0.1, -0.05) is 0 Å². The number of hydrogen-bond donors (Lipinski definition) is 2. The van der Waals surface area contributed by atoms with Gasteiger partial charge in [-0.05, 0) is 43.7 Å². The SMILES string of the molecule is Cc1c(CC(=O)Nc2ccc3c(c2)OCO3)c(=O)oc2c(C)c(O)ccc12. The summed E-state index contributed by atoms with van der Waals surface area (Å²) in [6.07, 6.45) is -0.127. The van der Waals surface area contributed by atoms with Crippen molar-refractivity contribution in [1.29, 1.82) is 0 Å². The highest BCUT2D eigenvalue weighted by Gasteiger charge is 2.18. The van der Waals surface area contributed by atoms with Crippen molar-refractivity contribution in [3.05, 3.63) is 57.4 Å². The molecule has 1 amide bonds. The molecule has 2 N–H and O–H groups in total. The van der Waals surface area contributed by atoms with Gasteiger partial charge in [-0.15, -0.1) is 0 Å². The molecule has 0 aliphatic carbocycles. The summed E-state index contributed by atoms with van der Waals surface area (Å²) >= 11 is 0. The van der Waals surface area contributed by atoms with Crippen LogP contribution in [0.15, 0.2) is 39.5 Å². The van der Waals surface area contributed by atoms with Crippen LogP contribution in [-0.4, -0.2) is 17.8 Å². The molecule has 0 atom stereocenters. The Bertz CT molecular complexity index is 1130. The Morgan fingerprint density at radius 2 is 1.89 bits per heavy atom. The van der Waals surface area contributed by atoms with Crippen molar-refractivity contribution in [3.63, 3.8) is 0 Å². The van der Waals surface area contributed by atoms with E-state index in [1.807, 2.05) is 0 Å². The van der Waals surface area contributed by atoms with Crippen molar-refractivity contribution in [2.45, 2.75) is 20.3 Å². The van der Waals surface area contributed by atoms with Crippen molar-refractivity contribution in [1.82, 2.24) is 0 Å². The number of rotatable bonds is 3. The summed E-state index contributed by atoms with van der Waals surface area (Å²) in [6.45, 7) is 3.59. The van der Waals surface area contributed by atoms with E-state index in [0.717, 1.165) is 0 Å². The van der Waals surface area contributed by atoms with E-state index in [2.05, 4.69) is 5.32 Å². The van der Waals surface area contributed by atoms with Gasteiger partial charge in [0.2, 0.25) is 12.7 Å². The fraction of sp³-hybridized carbons (Fsp3) is 0.200. The van der Waals surface area contributed by atoms with Crippen LogP contribution in [0.25, 0.3) is 11.0 Å². The summed E-state index contributed by atoms with van der Waals surface area (Å²) in [5.41, 5.74) is 1.72. The highest BCUT2D eigenvalue weighted by molar-refractivity contribution is 5.94. The Morgan fingerprint density at radius 3 is 2.70 bits per heavy atom. The summed E-state index contributed by atoms with van der Waals surface area (Å²) in [6, 6.07) is 8.30. The van der Waals surface area contributed by atoms with Gasteiger partial charge in [0.25, 0.3) is 0 Å². The number of phenolic OH excluding ortho intramolecular Hbond substituents is 1. The predicted molar refractivity (Wildman–Crippen MR) is 98.5 cm³/mol. The van der Waals surface area contributed by atoms with Gasteiger partial charge in [0.1, 0.15) is 11.3 Å². The van der Waals surface area contributed by atoms with Crippen LogP contribution >= 0.6 is 0 Å². The van der Waals surface area contributed by atoms with E-state index in [0.29, 0.717) is 39.3 Å². The van der Waals surface area contributed by atoms with E-state index in [-0.39, 0.29) is 30.4 Å². The van der Waals surface area contributed by atoms with Crippen LogP contribution in [0.3, 0.4) is 0 Å².